The van der Waals surface area contributed by atoms with Crippen molar-refractivity contribution < 1.29 is 8.78 Å². The van der Waals surface area contributed by atoms with Crippen molar-refractivity contribution in [1.29, 1.82) is 0 Å². The van der Waals surface area contributed by atoms with E-state index in [1.807, 2.05) is 38.1 Å². The molecule has 0 heterocycles. The molecule has 0 spiro atoms. The van der Waals surface area contributed by atoms with Crippen LogP contribution in [0.15, 0.2) is 60.7 Å². The summed E-state index contributed by atoms with van der Waals surface area (Å²) in [6.07, 6.45) is 7.58. The molecule has 0 nitrogen and oxygen atoms in total. The lowest BCUT2D eigenvalue weighted by Crippen LogP contribution is -1.96. The maximum absolute atomic E-state index is 14.5. The molecule has 0 bridgehead atoms. The van der Waals surface area contributed by atoms with Crippen molar-refractivity contribution in [2.75, 3.05) is 0 Å². The lowest BCUT2D eigenvalue weighted by Gasteiger charge is -2.10. The zero-order chi connectivity index (χ0) is 18.5. The molecule has 0 atom stereocenters. The Labute approximate surface area is 154 Å². The monoisotopic (exact) mass is 350 g/mol. The van der Waals surface area contributed by atoms with Gasteiger partial charge < -0.3 is 0 Å². The van der Waals surface area contributed by atoms with E-state index in [4.69, 9.17) is 0 Å². The molecule has 0 amide bonds. The fraction of sp³-hybridized carbons (Fsp3) is 0.250. The average molecular weight is 350 g/mol. The van der Waals surface area contributed by atoms with Crippen molar-refractivity contribution in [2.24, 2.45) is 0 Å². The maximum Gasteiger partial charge on any atom is 0.166 e. The second-order valence-electron chi connectivity index (χ2n) is 6.65. The van der Waals surface area contributed by atoms with Crippen molar-refractivity contribution in [3.05, 3.63) is 83.4 Å². The molecular formula is C24H24F2. The number of hydrogen-bond donors (Lipinski definition) is 0. The molecule has 0 saturated carbocycles. The highest BCUT2D eigenvalue weighted by atomic mass is 19.2. The first-order valence-corrected chi connectivity index (χ1v) is 9.25. The third-order valence-electron chi connectivity index (χ3n) is 4.74. The number of aryl methyl sites for hydroxylation is 2. The topological polar surface area (TPSA) is 0 Å². The highest BCUT2D eigenvalue weighted by Crippen LogP contribution is 2.29. The van der Waals surface area contributed by atoms with E-state index in [2.05, 4.69) is 24.3 Å². The van der Waals surface area contributed by atoms with Crippen LogP contribution in [0.4, 0.5) is 8.78 Å². The first-order valence-electron chi connectivity index (χ1n) is 9.25. The average Bonchev–Trinajstić information content (AvgIpc) is 2.67. The Bertz CT molecular complexity index is 921. The quantitative estimate of drug-likeness (QED) is 0.411. The van der Waals surface area contributed by atoms with E-state index in [-0.39, 0.29) is 0 Å². The molecule has 0 fully saturated rings. The Kier molecular flexibility index (Phi) is 5.82. The smallest absolute Gasteiger partial charge is 0.166 e. The summed E-state index contributed by atoms with van der Waals surface area (Å²) in [5.74, 6) is -1.45. The number of hydrogen-bond acceptors (Lipinski definition) is 0. The van der Waals surface area contributed by atoms with Gasteiger partial charge in [0, 0.05) is 5.39 Å². The van der Waals surface area contributed by atoms with Crippen molar-refractivity contribution in [3.8, 4) is 11.1 Å². The summed E-state index contributed by atoms with van der Waals surface area (Å²) in [5, 5.41) is 1.09. The Morgan fingerprint density at radius 3 is 2.27 bits per heavy atom. The first kappa shape index (κ1) is 18.3. The van der Waals surface area contributed by atoms with E-state index in [0.29, 0.717) is 17.4 Å². The van der Waals surface area contributed by atoms with Crippen LogP contribution >= 0.6 is 0 Å². The standard InChI is InChI=1S/C24H24F2/c1-3-5-6-8-17-9-11-18(12-10-17)19-13-14-20-15-21(7-4-2)23(25)24(26)22(20)16-19/h3,5,9-16H,4,6-8H2,1-2H3/b5-3+. The summed E-state index contributed by atoms with van der Waals surface area (Å²) >= 11 is 0. The minimum atomic E-state index is -0.740. The van der Waals surface area contributed by atoms with E-state index in [1.165, 1.54) is 5.56 Å². The highest BCUT2D eigenvalue weighted by Gasteiger charge is 2.13. The van der Waals surface area contributed by atoms with Crippen molar-refractivity contribution in [3.63, 3.8) is 0 Å². The van der Waals surface area contributed by atoms with Crippen LogP contribution in [0, 0.1) is 11.6 Å². The molecule has 0 saturated heterocycles. The number of halogens is 2. The molecule has 0 aromatic heterocycles. The van der Waals surface area contributed by atoms with Gasteiger partial charge in [0.2, 0.25) is 0 Å². The van der Waals surface area contributed by atoms with Crippen LogP contribution < -0.4 is 0 Å². The zero-order valence-corrected chi connectivity index (χ0v) is 15.4. The minimum Gasteiger partial charge on any atom is -0.203 e. The van der Waals surface area contributed by atoms with Gasteiger partial charge in [-0.05, 0) is 66.0 Å². The van der Waals surface area contributed by atoms with Crippen LogP contribution in [-0.2, 0) is 12.8 Å². The molecule has 134 valence electrons. The van der Waals surface area contributed by atoms with E-state index < -0.39 is 11.6 Å². The normalized spacial score (nSPS) is 11.5. The molecule has 3 aromatic rings. The van der Waals surface area contributed by atoms with E-state index in [0.717, 1.165) is 35.8 Å². The summed E-state index contributed by atoms with van der Waals surface area (Å²) in [6.45, 7) is 3.99. The molecule has 0 radical (unpaired) electrons. The van der Waals surface area contributed by atoms with Crippen molar-refractivity contribution in [2.45, 2.75) is 39.5 Å². The lowest BCUT2D eigenvalue weighted by molar-refractivity contribution is 0.506. The van der Waals surface area contributed by atoms with Gasteiger partial charge in [0.25, 0.3) is 0 Å². The van der Waals surface area contributed by atoms with Crippen LogP contribution in [0.1, 0.15) is 37.8 Å². The van der Waals surface area contributed by atoms with Gasteiger partial charge in [-0.1, -0.05) is 61.9 Å². The number of rotatable bonds is 6. The van der Waals surface area contributed by atoms with Gasteiger partial charge in [-0.3, -0.25) is 0 Å². The Morgan fingerprint density at radius 2 is 1.58 bits per heavy atom. The fourth-order valence-corrected chi connectivity index (χ4v) is 3.29. The molecule has 3 rings (SSSR count). The van der Waals surface area contributed by atoms with Gasteiger partial charge in [-0.2, -0.15) is 0 Å². The molecule has 0 aliphatic heterocycles. The van der Waals surface area contributed by atoms with Crippen LogP contribution in [0.25, 0.3) is 21.9 Å². The maximum atomic E-state index is 14.5. The van der Waals surface area contributed by atoms with E-state index >= 15 is 0 Å². The summed E-state index contributed by atoms with van der Waals surface area (Å²) in [6, 6.07) is 15.7. The molecule has 26 heavy (non-hydrogen) atoms. The summed E-state index contributed by atoms with van der Waals surface area (Å²) in [4.78, 5) is 0. The Balaban J connectivity index is 1.93. The third kappa shape index (κ3) is 3.85. The number of fused-ring (bicyclic) bond motifs is 1. The van der Waals surface area contributed by atoms with Gasteiger partial charge in [0.05, 0.1) is 0 Å². The number of benzene rings is 3. The van der Waals surface area contributed by atoms with E-state index in [1.54, 1.807) is 12.1 Å². The SMILES string of the molecule is C/C=C/CCc1ccc(-c2ccc3cc(CCC)c(F)c(F)c3c2)cc1. The zero-order valence-electron chi connectivity index (χ0n) is 15.4. The molecule has 0 aliphatic rings. The molecule has 2 heteroatoms. The molecule has 0 aliphatic carbocycles. The second-order valence-corrected chi connectivity index (χ2v) is 6.65. The largest absolute Gasteiger partial charge is 0.203 e. The van der Waals surface area contributed by atoms with Crippen LogP contribution in [0.5, 0.6) is 0 Å². The van der Waals surface area contributed by atoms with Crippen molar-refractivity contribution in [1.82, 2.24) is 0 Å². The van der Waals surface area contributed by atoms with Gasteiger partial charge in [-0.15, -0.1) is 0 Å². The Morgan fingerprint density at radius 1 is 0.846 bits per heavy atom. The van der Waals surface area contributed by atoms with Crippen LogP contribution in [0.3, 0.4) is 0 Å². The highest BCUT2D eigenvalue weighted by molar-refractivity contribution is 5.88. The predicted molar refractivity (Wildman–Crippen MR) is 106 cm³/mol. The van der Waals surface area contributed by atoms with Gasteiger partial charge in [0.1, 0.15) is 0 Å². The van der Waals surface area contributed by atoms with Gasteiger partial charge in [-0.25, -0.2) is 8.78 Å². The fourth-order valence-electron chi connectivity index (χ4n) is 3.29. The molecular weight excluding hydrogens is 326 g/mol. The molecule has 3 aromatic carbocycles. The Hall–Kier alpha value is -2.48. The number of allylic oxidation sites excluding steroid dienone is 2. The lowest BCUT2D eigenvalue weighted by atomic mass is 9.97. The second kappa shape index (κ2) is 8.27. The van der Waals surface area contributed by atoms with Gasteiger partial charge in [0.15, 0.2) is 11.6 Å². The third-order valence-corrected chi connectivity index (χ3v) is 4.74. The molecule has 0 unspecified atom stereocenters. The van der Waals surface area contributed by atoms with Crippen LogP contribution in [0.2, 0.25) is 0 Å². The van der Waals surface area contributed by atoms with Crippen LogP contribution in [-0.4, -0.2) is 0 Å². The predicted octanol–water partition coefficient (Wildman–Crippen LogP) is 7.25. The summed E-state index contributed by atoms with van der Waals surface area (Å²) in [7, 11) is 0. The summed E-state index contributed by atoms with van der Waals surface area (Å²) in [5.41, 5.74) is 3.64. The van der Waals surface area contributed by atoms with Gasteiger partial charge >= 0.3 is 0 Å². The summed E-state index contributed by atoms with van der Waals surface area (Å²) < 4.78 is 28.8. The van der Waals surface area contributed by atoms with Crippen molar-refractivity contribution >= 4 is 10.8 Å². The minimum absolute atomic E-state index is 0.344. The molecule has 0 N–H and O–H groups in total. The first-order chi connectivity index (χ1) is 12.6. The van der Waals surface area contributed by atoms with E-state index in [9.17, 15) is 8.78 Å².